The van der Waals surface area contributed by atoms with E-state index in [0.717, 1.165) is 44.9 Å². The molecule has 0 saturated heterocycles. The molecule has 208 valence electrons. The summed E-state index contributed by atoms with van der Waals surface area (Å²) in [6.45, 7) is 15.7. The van der Waals surface area contributed by atoms with Crippen molar-refractivity contribution in [2.45, 2.75) is 106 Å². The van der Waals surface area contributed by atoms with Gasteiger partial charge in [-0.2, -0.15) is 5.26 Å². The molecule has 0 heterocycles. The maximum absolute atomic E-state index is 14.5. The monoisotopic (exact) mass is 521 g/mol. The third-order valence-corrected chi connectivity index (χ3v) is 13.4. The second-order valence-corrected chi connectivity index (χ2v) is 15.8. The summed E-state index contributed by atoms with van der Waals surface area (Å²) in [5.74, 6) is 0.447. The van der Waals surface area contributed by atoms with Crippen LogP contribution in [0, 0.1) is 67.5 Å². The van der Waals surface area contributed by atoms with Crippen molar-refractivity contribution in [1.82, 2.24) is 0 Å². The number of ether oxygens (including phenoxy) is 1. The Balaban J connectivity index is 1.62. The molecule has 0 aromatic rings. The second kappa shape index (κ2) is 8.28. The van der Waals surface area contributed by atoms with Gasteiger partial charge in [0, 0.05) is 17.8 Å². The summed E-state index contributed by atoms with van der Waals surface area (Å²) >= 11 is 0. The molecule has 0 amide bonds. The molecular formula is C33H47NO4. The fraction of sp³-hybridized carbons (Fsp3) is 0.818. The van der Waals surface area contributed by atoms with Crippen LogP contribution in [0.15, 0.2) is 11.6 Å². The van der Waals surface area contributed by atoms with E-state index < -0.39 is 5.41 Å². The Labute approximate surface area is 229 Å². The molecule has 0 radical (unpaired) electrons. The van der Waals surface area contributed by atoms with Crippen LogP contribution >= 0.6 is 0 Å². The average molecular weight is 522 g/mol. The smallest absolute Gasteiger partial charge is 0.306 e. The molecule has 0 unspecified atom stereocenters. The van der Waals surface area contributed by atoms with Crippen molar-refractivity contribution in [3.8, 4) is 6.07 Å². The van der Waals surface area contributed by atoms with Gasteiger partial charge < -0.3 is 4.74 Å². The predicted molar refractivity (Wildman–Crippen MR) is 146 cm³/mol. The fourth-order valence-corrected chi connectivity index (χ4v) is 11.1. The number of esters is 1. The van der Waals surface area contributed by atoms with E-state index in [-0.39, 0.29) is 68.1 Å². The molecule has 5 rings (SSSR count). The van der Waals surface area contributed by atoms with Crippen LogP contribution in [-0.4, -0.2) is 24.6 Å². The van der Waals surface area contributed by atoms with Crippen LogP contribution in [0.4, 0.5) is 0 Å². The summed E-state index contributed by atoms with van der Waals surface area (Å²) in [7, 11) is 1.48. The first-order chi connectivity index (χ1) is 17.5. The van der Waals surface area contributed by atoms with Gasteiger partial charge in [-0.15, -0.1) is 0 Å². The number of carbonyl (C=O) groups is 3. The van der Waals surface area contributed by atoms with Gasteiger partial charge in [-0.25, -0.2) is 0 Å². The molecule has 5 aliphatic carbocycles. The molecule has 38 heavy (non-hydrogen) atoms. The van der Waals surface area contributed by atoms with Crippen molar-refractivity contribution in [3.63, 3.8) is 0 Å². The molecule has 4 saturated carbocycles. The summed E-state index contributed by atoms with van der Waals surface area (Å²) in [5.41, 5.74) is -1.04. The van der Waals surface area contributed by atoms with E-state index in [1.165, 1.54) is 7.11 Å². The van der Waals surface area contributed by atoms with E-state index in [1.807, 2.05) is 19.9 Å². The van der Waals surface area contributed by atoms with Gasteiger partial charge in [0.2, 0.25) is 0 Å². The van der Waals surface area contributed by atoms with Crippen molar-refractivity contribution < 1.29 is 19.1 Å². The molecule has 0 aromatic carbocycles. The van der Waals surface area contributed by atoms with Crippen LogP contribution in [-0.2, 0) is 19.1 Å². The summed E-state index contributed by atoms with van der Waals surface area (Å²) in [6.07, 6.45) is 9.70. The van der Waals surface area contributed by atoms with Crippen LogP contribution in [0.25, 0.3) is 0 Å². The number of fused-ring (bicyclic) bond motifs is 7. The SMILES string of the molecule is COC(=O)C[C@]12CCC(C)(C)C[C@H]1[C@H]1C(=O)C[C@@H]3[C@@]4(C)C=C(C#N)C(=O)C(C)(C)[C@@H]4CC[C@@]3(C)[C@]1(C)CC2. The number of rotatable bonds is 2. The highest BCUT2D eigenvalue weighted by Gasteiger charge is 2.72. The van der Waals surface area contributed by atoms with E-state index in [9.17, 15) is 19.6 Å². The van der Waals surface area contributed by atoms with Crippen molar-refractivity contribution in [2.24, 2.45) is 56.2 Å². The summed E-state index contributed by atoms with van der Waals surface area (Å²) in [5, 5.41) is 9.90. The van der Waals surface area contributed by atoms with Gasteiger partial charge in [0.15, 0.2) is 5.78 Å². The number of carbonyl (C=O) groups excluding carboxylic acids is 3. The Morgan fingerprint density at radius 1 is 0.974 bits per heavy atom. The molecule has 0 aromatic heterocycles. The zero-order chi connectivity index (χ0) is 28.1. The molecule has 0 spiro atoms. The van der Waals surface area contributed by atoms with Crippen molar-refractivity contribution in [3.05, 3.63) is 11.6 Å². The Morgan fingerprint density at radius 2 is 1.63 bits per heavy atom. The van der Waals surface area contributed by atoms with Crippen LogP contribution in [0.1, 0.15) is 106 Å². The number of ketones is 2. The molecule has 4 fully saturated rings. The lowest BCUT2D eigenvalue weighted by molar-refractivity contribution is -0.224. The minimum Gasteiger partial charge on any atom is -0.469 e. The quantitative estimate of drug-likeness (QED) is 0.371. The third kappa shape index (κ3) is 3.43. The summed E-state index contributed by atoms with van der Waals surface area (Å²) in [4.78, 5) is 40.4. The molecule has 5 nitrogen and oxygen atoms in total. The van der Waals surface area contributed by atoms with Crippen molar-refractivity contribution in [2.75, 3.05) is 7.11 Å². The molecule has 5 heteroatoms. The first-order valence-electron chi connectivity index (χ1n) is 14.8. The number of nitriles is 1. The van der Waals surface area contributed by atoms with Crippen molar-refractivity contribution >= 4 is 17.5 Å². The predicted octanol–water partition coefficient (Wildman–Crippen LogP) is 6.85. The van der Waals surface area contributed by atoms with Crippen LogP contribution in [0.3, 0.4) is 0 Å². The minimum atomic E-state index is -0.619. The average Bonchev–Trinajstić information content (AvgIpc) is 2.83. The van der Waals surface area contributed by atoms with Crippen LogP contribution in [0.2, 0.25) is 0 Å². The highest BCUT2D eigenvalue weighted by molar-refractivity contribution is 6.04. The lowest BCUT2D eigenvalue weighted by atomic mass is 9.31. The molecule has 8 atom stereocenters. The third-order valence-electron chi connectivity index (χ3n) is 13.4. The number of methoxy groups -OCH3 is 1. The largest absolute Gasteiger partial charge is 0.469 e. The zero-order valence-corrected chi connectivity index (χ0v) is 24.8. The van der Waals surface area contributed by atoms with E-state index in [0.29, 0.717) is 18.6 Å². The number of Topliss-reactive ketones (excluding diaryl/α,β-unsaturated/α-hetero) is 2. The first-order valence-corrected chi connectivity index (χ1v) is 14.8. The van der Waals surface area contributed by atoms with Gasteiger partial charge in [0.25, 0.3) is 0 Å². The van der Waals surface area contributed by atoms with E-state index in [2.05, 4.69) is 40.7 Å². The van der Waals surface area contributed by atoms with Crippen LogP contribution in [0.5, 0.6) is 0 Å². The highest BCUT2D eigenvalue weighted by Crippen LogP contribution is 2.76. The number of nitrogens with zero attached hydrogens (tertiary/aromatic N) is 1. The van der Waals surface area contributed by atoms with Crippen LogP contribution < -0.4 is 0 Å². The Kier molecular flexibility index (Phi) is 6.01. The van der Waals surface area contributed by atoms with Gasteiger partial charge in [-0.05, 0) is 89.8 Å². The van der Waals surface area contributed by atoms with E-state index >= 15 is 0 Å². The Morgan fingerprint density at radius 3 is 2.26 bits per heavy atom. The van der Waals surface area contributed by atoms with Crippen molar-refractivity contribution in [1.29, 1.82) is 5.26 Å². The van der Waals surface area contributed by atoms with Gasteiger partial charge in [-0.1, -0.05) is 54.5 Å². The van der Waals surface area contributed by atoms with Gasteiger partial charge in [0.05, 0.1) is 19.1 Å². The zero-order valence-electron chi connectivity index (χ0n) is 24.8. The standard InChI is InChI=1S/C33H47NO4/c1-28(2)11-13-33(18-25(36)38-8)14-12-32(7)26(21(33)17-28)22(35)15-24-30(5)16-20(19-34)27(37)29(3,4)23(30)9-10-31(24,32)6/h16,21,23-24,26H,9-15,17-18H2,1-8H3/t21-,23-,24+,26-,30-,31+,32+,33+/m0/s1. The lowest BCUT2D eigenvalue weighted by Gasteiger charge is -2.72. The maximum atomic E-state index is 14.5. The van der Waals surface area contributed by atoms with Gasteiger partial charge in [0.1, 0.15) is 11.9 Å². The normalized spacial score (nSPS) is 46.9. The maximum Gasteiger partial charge on any atom is 0.306 e. The number of hydrogen-bond donors (Lipinski definition) is 0. The first kappa shape index (κ1) is 27.6. The number of hydrogen-bond acceptors (Lipinski definition) is 5. The lowest BCUT2D eigenvalue weighted by Crippen LogP contribution is -2.68. The fourth-order valence-electron chi connectivity index (χ4n) is 11.1. The van der Waals surface area contributed by atoms with E-state index in [4.69, 9.17) is 4.74 Å². The van der Waals surface area contributed by atoms with Gasteiger partial charge in [-0.3, -0.25) is 14.4 Å². The molecule has 0 N–H and O–H groups in total. The molecular weight excluding hydrogens is 474 g/mol. The Hall–Kier alpha value is -1.96. The topological polar surface area (TPSA) is 84.2 Å². The van der Waals surface area contributed by atoms with Gasteiger partial charge >= 0.3 is 5.97 Å². The highest BCUT2D eigenvalue weighted by atomic mass is 16.5. The second-order valence-electron chi connectivity index (χ2n) is 15.8. The number of allylic oxidation sites excluding steroid dienone is 2. The summed E-state index contributed by atoms with van der Waals surface area (Å²) in [6, 6.07) is 2.21. The molecule has 5 aliphatic rings. The Bertz CT molecular complexity index is 1160. The minimum absolute atomic E-state index is 0.0491. The molecule has 0 aliphatic heterocycles. The summed E-state index contributed by atoms with van der Waals surface area (Å²) < 4.78 is 5.18. The van der Waals surface area contributed by atoms with E-state index in [1.54, 1.807) is 0 Å². The molecule has 0 bridgehead atoms.